The van der Waals surface area contributed by atoms with Crippen molar-refractivity contribution in [2.45, 2.75) is 6.42 Å². The van der Waals surface area contributed by atoms with Crippen molar-refractivity contribution in [2.24, 2.45) is 10.7 Å². The standard InChI is InChI=1S/C23H22N4O2/c24-23(25-16-22(28)27-14-13-17-7-4-5-12-21(17)27)26-18-8-6-11-20(15-18)29-19-9-2-1-3-10-19/h1-12,15H,13-14,16H2,(H3,24,25,26). The Kier molecular flexibility index (Phi) is 5.42. The van der Waals surface area contributed by atoms with Gasteiger partial charge in [0.05, 0.1) is 0 Å². The van der Waals surface area contributed by atoms with E-state index in [0.29, 0.717) is 12.3 Å². The molecular weight excluding hydrogens is 364 g/mol. The Bertz CT molecular complexity index is 1030. The van der Waals surface area contributed by atoms with Gasteiger partial charge in [-0.2, -0.15) is 0 Å². The van der Waals surface area contributed by atoms with Crippen LogP contribution in [0.4, 0.5) is 11.4 Å². The van der Waals surface area contributed by atoms with Gasteiger partial charge in [0, 0.05) is 24.0 Å². The number of hydrogen-bond donors (Lipinski definition) is 2. The number of nitrogens with zero attached hydrogens (tertiary/aromatic N) is 2. The van der Waals surface area contributed by atoms with Crippen LogP contribution in [-0.4, -0.2) is 25.0 Å². The lowest BCUT2D eigenvalue weighted by Gasteiger charge is -2.16. The van der Waals surface area contributed by atoms with Crippen molar-refractivity contribution in [1.82, 2.24) is 0 Å². The molecule has 0 aromatic heterocycles. The molecule has 6 nitrogen and oxygen atoms in total. The normalized spacial score (nSPS) is 13.1. The van der Waals surface area contributed by atoms with E-state index in [0.717, 1.165) is 23.5 Å². The molecule has 0 spiro atoms. The summed E-state index contributed by atoms with van der Waals surface area (Å²) in [5.41, 5.74) is 8.86. The first-order valence-electron chi connectivity index (χ1n) is 9.47. The summed E-state index contributed by atoms with van der Waals surface area (Å²) in [6.45, 7) is 0.674. The number of carbonyl (C=O) groups excluding carboxylic acids is 1. The third-order valence-corrected chi connectivity index (χ3v) is 4.66. The van der Waals surface area contributed by atoms with Crippen molar-refractivity contribution in [3.05, 3.63) is 84.4 Å². The maximum Gasteiger partial charge on any atom is 0.248 e. The average molecular weight is 386 g/mol. The number of carbonyl (C=O) groups is 1. The molecule has 6 heteroatoms. The highest BCUT2D eigenvalue weighted by atomic mass is 16.5. The first-order chi connectivity index (χ1) is 14.2. The van der Waals surface area contributed by atoms with Crippen LogP contribution in [0.5, 0.6) is 11.5 Å². The zero-order chi connectivity index (χ0) is 20.1. The topological polar surface area (TPSA) is 80.0 Å². The van der Waals surface area contributed by atoms with Gasteiger partial charge in [0.15, 0.2) is 5.96 Å². The minimum atomic E-state index is -0.0686. The van der Waals surface area contributed by atoms with Crippen LogP contribution in [0.25, 0.3) is 0 Å². The number of nitrogens with one attached hydrogen (secondary N) is 1. The summed E-state index contributed by atoms with van der Waals surface area (Å²) in [5, 5.41) is 3.01. The lowest BCUT2D eigenvalue weighted by Crippen LogP contribution is -2.32. The largest absolute Gasteiger partial charge is 0.457 e. The number of aliphatic imine (C=N–C) groups is 1. The lowest BCUT2D eigenvalue weighted by atomic mass is 10.2. The van der Waals surface area contributed by atoms with Gasteiger partial charge >= 0.3 is 0 Å². The second-order valence-electron chi connectivity index (χ2n) is 6.69. The van der Waals surface area contributed by atoms with Crippen LogP contribution < -0.4 is 20.7 Å². The van der Waals surface area contributed by atoms with Gasteiger partial charge in [-0.25, -0.2) is 4.99 Å². The molecule has 3 N–H and O–H groups in total. The molecular formula is C23H22N4O2. The van der Waals surface area contributed by atoms with Gasteiger partial charge in [0.2, 0.25) is 5.91 Å². The number of ether oxygens (including phenoxy) is 1. The lowest BCUT2D eigenvalue weighted by molar-refractivity contribution is -0.117. The van der Waals surface area contributed by atoms with Crippen molar-refractivity contribution < 1.29 is 9.53 Å². The smallest absolute Gasteiger partial charge is 0.248 e. The molecule has 4 rings (SSSR count). The molecule has 0 unspecified atom stereocenters. The Hall–Kier alpha value is -3.80. The van der Waals surface area contributed by atoms with E-state index in [1.54, 1.807) is 4.90 Å². The fourth-order valence-corrected chi connectivity index (χ4v) is 3.28. The number of amides is 1. The highest BCUT2D eigenvalue weighted by Gasteiger charge is 2.23. The minimum absolute atomic E-state index is 0.00657. The minimum Gasteiger partial charge on any atom is -0.457 e. The quantitative estimate of drug-likeness (QED) is 0.516. The molecule has 146 valence electrons. The molecule has 3 aromatic rings. The van der Waals surface area contributed by atoms with E-state index in [1.807, 2.05) is 78.9 Å². The number of nitrogens with two attached hydrogens (primary N) is 1. The monoisotopic (exact) mass is 386 g/mol. The number of rotatable bonds is 5. The molecule has 1 aliphatic rings. The molecule has 0 saturated heterocycles. The van der Waals surface area contributed by atoms with Crippen LogP contribution in [0.15, 0.2) is 83.9 Å². The van der Waals surface area contributed by atoms with E-state index in [-0.39, 0.29) is 18.4 Å². The highest BCUT2D eigenvalue weighted by molar-refractivity contribution is 5.99. The van der Waals surface area contributed by atoms with Crippen molar-refractivity contribution in [1.29, 1.82) is 0 Å². The van der Waals surface area contributed by atoms with Crippen molar-refractivity contribution in [3.8, 4) is 11.5 Å². The van der Waals surface area contributed by atoms with E-state index < -0.39 is 0 Å². The van der Waals surface area contributed by atoms with E-state index in [9.17, 15) is 4.79 Å². The Morgan fingerprint density at radius 3 is 2.62 bits per heavy atom. The van der Waals surface area contributed by atoms with Gasteiger partial charge in [-0.15, -0.1) is 0 Å². The number of anilines is 2. The fourth-order valence-electron chi connectivity index (χ4n) is 3.28. The van der Waals surface area contributed by atoms with Gasteiger partial charge in [-0.1, -0.05) is 42.5 Å². The number of benzene rings is 3. The predicted molar refractivity (Wildman–Crippen MR) is 116 cm³/mol. The summed E-state index contributed by atoms with van der Waals surface area (Å²) in [6.07, 6.45) is 0.869. The van der Waals surface area contributed by atoms with E-state index in [4.69, 9.17) is 10.5 Å². The summed E-state index contributed by atoms with van der Waals surface area (Å²) in [6, 6.07) is 24.9. The molecule has 29 heavy (non-hydrogen) atoms. The third-order valence-electron chi connectivity index (χ3n) is 4.66. The highest BCUT2D eigenvalue weighted by Crippen LogP contribution is 2.27. The summed E-state index contributed by atoms with van der Waals surface area (Å²) < 4.78 is 5.82. The number of para-hydroxylation sites is 2. The van der Waals surface area contributed by atoms with Crippen molar-refractivity contribution in [2.75, 3.05) is 23.3 Å². The van der Waals surface area contributed by atoms with Gasteiger partial charge in [0.25, 0.3) is 0 Å². The SMILES string of the molecule is NC(=NCC(=O)N1CCc2ccccc21)Nc1cccc(Oc2ccccc2)c1. The maximum atomic E-state index is 12.5. The molecule has 0 aliphatic carbocycles. The van der Waals surface area contributed by atoms with E-state index >= 15 is 0 Å². The first kappa shape index (κ1) is 18.6. The van der Waals surface area contributed by atoms with Crippen molar-refractivity contribution in [3.63, 3.8) is 0 Å². The zero-order valence-corrected chi connectivity index (χ0v) is 15.9. The zero-order valence-electron chi connectivity index (χ0n) is 15.9. The molecule has 0 bridgehead atoms. The number of fused-ring (bicyclic) bond motifs is 1. The molecule has 1 aliphatic heterocycles. The van der Waals surface area contributed by atoms with Crippen LogP contribution in [-0.2, 0) is 11.2 Å². The van der Waals surface area contributed by atoms with Crippen LogP contribution in [0.3, 0.4) is 0 Å². The predicted octanol–water partition coefficient (Wildman–Crippen LogP) is 3.79. The summed E-state index contributed by atoms with van der Waals surface area (Å²) >= 11 is 0. The average Bonchev–Trinajstić information content (AvgIpc) is 3.17. The third kappa shape index (κ3) is 4.55. The number of hydrogen-bond acceptors (Lipinski definition) is 3. The van der Waals surface area contributed by atoms with Crippen molar-refractivity contribution >= 4 is 23.2 Å². The molecule has 0 atom stereocenters. The van der Waals surface area contributed by atoms with Gasteiger partial charge in [-0.3, -0.25) is 4.79 Å². The maximum absolute atomic E-state index is 12.5. The van der Waals surface area contributed by atoms with Gasteiger partial charge < -0.3 is 20.7 Å². The summed E-state index contributed by atoms with van der Waals surface area (Å²) in [4.78, 5) is 18.5. The molecule has 0 radical (unpaired) electrons. The second kappa shape index (κ2) is 8.48. The molecule has 3 aromatic carbocycles. The van der Waals surface area contributed by atoms with Gasteiger partial charge in [0.1, 0.15) is 18.0 Å². The second-order valence-corrected chi connectivity index (χ2v) is 6.69. The summed E-state index contributed by atoms with van der Waals surface area (Å²) in [7, 11) is 0. The fraction of sp³-hybridized carbons (Fsp3) is 0.130. The van der Waals surface area contributed by atoms with Gasteiger partial charge in [-0.05, 0) is 42.3 Å². The molecule has 0 fully saturated rings. The molecule has 0 saturated carbocycles. The van der Waals surface area contributed by atoms with Crippen LogP contribution in [0.2, 0.25) is 0 Å². The van der Waals surface area contributed by atoms with Crippen LogP contribution in [0.1, 0.15) is 5.56 Å². The van der Waals surface area contributed by atoms with E-state index in [1.165, 1.54) is 5.56 Å². The Labute approximate surface area is 169 Å². The van der Waals surface area contributed by atoms with Crippen LogP contribution in [0, 0.1) is 0 Å². The number of guanidine groups is 1. The molecule has 1 amide bonds. The molecule has 1 heterocycles. The summed E-state index contributed by atoms with van der Waals surface area (Å²) in [5.74, 6) is 1.55. The Balaban J connectivity index is 1.37. The Morgan fingerprint density at radius 1 is 1.00 bits per heavy atom. The van der Waals surface area contributed by atoms with E-state index in [2.05, 4.69) is 10.3 Å². The first-order valence-corrected chi connectivity index (χ1v) is 9.47. The Morgan fingerprint density at radius 2 is 1.76 bits per heavy atom. The van der Waals surface area contributed by atoms with Crippen LogP contribution >= 0.6 is 0 Å².